The number of hydrogen-bond acceptors (Lipinski definition) is 4. The van der Waals surface area contributed by atoms with E-state index >= 15 is 0 Å². The molecular formula is C22H18N4O2. The van der Waals surface area contributed by atoms with Crippen molar-refractivity contribution >= 4 is 24.2 Å². The van der Waals surface area contributed by atoms with Gasteiger partial charge in [-0.3, -0.25) is 9.59 Å². The molecule has 0 saturated carbocycles. The van der Waals surface area contributed by atoms with Gasteiger partial charge in [0.15, 0.2) is 0 Å². The summed E-state index contributed by atoms with van der Waals surface area (Å²) >= 11 is 0. The van der Waals surface area contributed by atoms with Gasteiger partial charge in [-0.2, -0.15) is 10.2 Å². The molecule has 3 rings (SSSR count). The quantitative estimate of drug-likeness (QED) is 0.516. The van der Waals surface area contributed by atoms with Crippen LogP contribution in [0.1, 0.15) is 31.8 Å². The van der Waals surface area contributed by atoms with Gasteiger partial charge in [0.2, 0.25) is 0 Å². The lowest BCUT2D eigenvalue weighted by atomic mass is 10.1. The van der Waals surface area contributed by atoms with Crippen molar-refractivity contribution in [2.24, 2.45) is 10.2 Å². The second-order valence-corrected chi connectivity index (χ2v) is 5.80. The van der Waals surface area contributed by atoms with E-state index in [1.165, 1.54) is 0 Å². The minimum Gasteiger partial charge on any atom is -0.267 e. The van der Waals surface area contributed by atoms with Crippen molar-refractivity contribution in [1.29, 1.82) is 0 Å². The second-order valence-electron chi connectivity index (χ2n) is 5.80. The molecule has 0 unspecified atom stereocenters. The minimum absolute atomic E-state index is 0.279. The molecule has 0 radical (unpaired) electrons. The van der Waals surface area contributed by atoms with Gasteiger partial charge in [-0.05, 0) is 41.5 Å². The van der Waals surface area contributed by atoms with Crippen molar-refractivity contribution in [3.8, 4) is 0 Å². The molecule has 6 nitrogen and oxygen atoms in total. The fraction of sp³-hybridized carbons (Fsp3) is 0. The zero-order chi connectivity index (χ0) is 19.6. The number of hydrazone groups is 2. The summed E-state index contributed by atoms with van der Waals surface area (Å²) in [6, 6.07) is 25.1. The number of carbonyl (C=O) groups is 2. The van der Waals surface area contributed by atoms with Crippen molar-refractivity contribution < 1.29 is 9.59 Å². The second kappa shape index (κ2) is 9.59. The molecule has 0 aromatic heterocycles. The molecule has 0 atom stereocenters. The Bertz CT molecular complexity index is 921. The largest absolute Gasteiger partial charge is 0.271 e. The van der Waals surface area contributed by atoms with Crippen molar-refractivity contribution in [3.63, 3.8) is 0 Å². The maximum atomic E-state index is 11.9. The minimum atomic E-state index is -0.279. The number of nitrogens with zero attached hydrogens (tertiary/aromatic N) is 2. The molecule has 0 spiro atoms. The van der Waals surface area contributed by atoms with E-state index in [2.05, 4.69) is 21.1 Å². The molecule has 3 aromatic rings. The Hall–Kier alpha value is -4.06. The molecule has 0 saturated heterocycles. The summed E-state index contributed by atoms with van der Waals surface area (Å²) in [5.74, 6) is -0.559. The smallest absolute Gasteiger partial charge is 0.267 e. The van der Waals surface area contributed by atoms with Crippen LogP contribution in [0.4, 0.5) is 0 Å². The van der Waals surface area contributed by atoms with Gasteiger partial charge in [0.25, 0.3) is 11.8 Å². The van der Waals surface area contributed by atoms with Gasteiger partial charge in [0.05, 0.1) is 12.4 Å². The van der Waals surface area contributed by atoms with E-state index in [1.54, 1.807) is 61.0 Å². The molecule has 0 aliphatic heterocycles. The molecule has 138 valence electrons. The summed E-state index contributed by atoms with van der Waals surface area (Å²) in [6.45, 7) is 0. The summed E-state index contributed by atoms with van der Waals surface area (Å²) in [7, 11) is 0. The normalized spacial score (nSPS) is 10.9. The highest BCUT2D eigenvalue weighted by atomic mass is 16.2. The van der Waals surface area contributed by atoms with Crippen LogP contribution in [0, 0.1) is 0 Å². The van der Waals surface area contributed by atoms with Crippen LogP contribution in [0.2, 0.25) is 0 Å². The summed E-state index contributed by atoms with van der Waals surface area (Å²) in [5.41, 5.74) is 7.61. The van der Waals surface area contributed by atoms with Gasteiger partial charge in [0, 0.05) is 11.1 Å². The number of nitrogens with one attached hydrogen (secondary N) is 2. The maximum Gasteiger partial charge on any atom is 0.271 e. The molecule has 0 bridgehead atoms. The first-order valence-electron chi connectivity index (χ1n) is 8.59. The zero-order valence-corrected chi connectivity index (χ0v) is 14.9. The third-order valence-electron chi connectivity index (χ3n) is 3.74. The van der Waals surface area contributed by atoms with Gasteiger partial charge < -0.3 is 0 Å². The third-order valence-corrected chi connectivity index (χ3v) is 3.74. The van der Waals surface area contributed by atoms with Crippen LogP contribution < -0.4 is 10.9 Å². The predicted molar refractivity (Wildman–Crippen MR) is 109 cm³/mol. The van der Waals surface area contributed by atoms with Gasteiger partial charge in [-0.25, -0.2) is 10.9 Å². The van der Waals surface area contributed by atoms with Gasteiger partial charge in [0.1, 0.15) is 0 Å². The topological polar surface area (TPSA) is 82.9 Å². The maximum absolute atomic E-state index is 11.9. The van der Waals surface area contributed by atoms with Crippen molar-refractivity contribution in [3.05, 3.63) is 107 Å². The predicted octanol–water partition coefficient (Wildman–Crippen LogP) is 3.21. The molecule has 3 aromatic carbocycles. The van der Waals surface area contributed by atoms with Crippen LogP contribution in [-0.2, 0) is 0 Å². The Morgan fingerprint density at radius 3 is 1.46 bits per heavy atom. The highest BCUT2D eigenvalue weighted by Gasteiger charge is 2.02. The Kier molecular flexibility index (Phi) is 6.41. The van der Waals surface area contributed by atoms with Crippen molar-refractivity contribution in [1.82, 2.24) is 10.9 Å². The average molecular weight is 370 g/mol. The Morgan fingerprint density at radius 2 is 1.04 bits per heavy atom. The molecule has 6 heteroatoms. The van der Waals surface area contributed by atoms with Crippen molar-refractivity contribution in [2.75, 3.05) is 0 Å². The third kappa shape index (κ3) is 5.47. The van der Waals surface area contributed by atoms with E-state index in [-0.39, 0.29) is 11.8 Å². The van der Waals surface area contributed by atoms with Crippen molar-refractivity contribution in [2.45, 2.75) is 0 Å². The standard InChI is InChI=1S/C22H18N4O2/c27-21(19-10-3-1-4-11-19)25-23-15-17-8-7-9-18(14-17)16-24-26-22(28)20-12-5-2-6-13-20/h1-16H,(H,25,27)(H,26,28). The van der Waals surface area contributed by atoms with Crippen LogP contribution >= 0.6 is 0 Å². The monoisotopic (exact) mass is 370 g/mol. The number of rotatable bonds is 6. The van der Waals surface area contributed by atoms with E-state index < -0.39 is 0 Å². The van der Waals surface area contributed by atoms with Crippen LogP contribution in [0.15, 0.2) is 95.1 Å². The molecule has 0 heterocycles. The summed E-state index contributed by atoms with van der Waals surface area (Å²) in [6.07, 6.45) is 3.08. The van der Waals surface area contributed by atoms with E-state index in [0.29, 0.717) is 11.1 Å². The highest BCUT2D eigenvalue weighted by Crippen LogP contribution is 2.02. The first kappa shape index (κ1) is 18.7. The van der Waals surface area contributed by atoms with Crippen LogP contribution in [-0.4, -0.2) is 24.2 Å². The molecule has 28 heavy (non-hydrogen) atoms. The summed E-state index contributed by atoms with van der Waals surface area (Å²) in [4.78, 5) is 23.9. The summed E-state index contributed by atoms with van der Waals surface area (Å²) < 4.78 is 0. The fourth-order valence-corrected chi connectivity index (χ4v) is 2.36. The molecule has 0 fully saturated rings. The lowest BCUT2D eigenvalue weighted by molar-refractivity contribution is 0.0947. The van der Waals surface area contributed by atoms with E-state index in [0.717, 1.165) is 11.1 Å². The number of hydrogen-bond donors (Lipinski definition) is 2. The average Bonchev–Trinajstić information content (AvgIpc) is 2.75. The van der Waals surface area contributed by atoms with E-state index in [4.69, 9.17) is 0 Å². The molecular weight excluding hydrogens is 352 g/mol. The van der Waals surface area contributed by atoms with Crippen LogP contribution in [0.3, 0.4) is 0 Å². The van der Waals surface area contributed by atoms with E-state index in [1.807, 2.05) is 36.4 Å². The summed E-state index contributed by atoms with van der Waals surface area (Å²) in [5, 5.41) is 7.94. The molecule has 2 amide bonds. The molecule has 2 N–H and O–H groups in total. The number of carbonyl (C=O) groups excluding carboxylic acids is 2. The Labute approximate surface area is 162 Å². The SMILES string of the molecule is O=C(NN=Cc1cccc(C=NNC(=O)c2ccccc2)c1)c1ccccc1. The fourth-order valence-electron chi connectivity index (χ4n) is 2.36. The number of benzene rings is 3. The molecule has 0 aliphatic rings. The Morgan fingerprint density at radius 1 is 0.607 bits per heavy atom. The number of amides is 2. The lowest BCUT2D eigenvalue weighted by Crippen LogP contribution is -2.17. The van der Waals surface area contributed by atoms with Gasteiger partial charge in [-0.15, -0.1) is 0 Å². The first-order chi connectivity index (χ1) is 13.7. The zero-order valence-electron chi connectivity index (χ0n) is 14.9. The first-order valence-corrected chi connectivity index (χ1v) is 8.59. The highest BCUT2D eigenvalue weighted by molar-refractivity contribution is 5.96. The van der Waals surface area contributed by atoms with E-state index in [9.17, 15) is 9.59 Å². The van der Waals surface area contributed by atoms with Crippen LogP contribution in [0.25, 0.3) is 0 Å². The van der Waals surface area contributed by atoms with Crippen LogP contribution in [0.5, 0.6) is 0 Å². The van der Waals surface area contributed by atoms with Gasteiger partial charge in [-0.1, -0.05) is 54.6 Å². The molecule has 0 aliphatic carbocycles. The Balaban J connectivity index is 1.56. The van der Waals surface area contributed by atoms with Gasteiger partial charge >= 0.3 is 0 Å². The lowest BCUT2D eigenvalue weighted by Gasteiger charge is -2.00.